The Balaban J connectivity index is 1.22. The number of methoxy groups -OCH3 is 2. The van der Waals surface area contributed by atoms with Crippen molar-refractivity contribution in [2.24, 2.45) is 0 Å². The number of hydrogen-bond acceptors (Lipinski definition) is 9. The van der Waals surface area contributed by atoms with Crippen LogP contribution in [0.5, 0.6) is 11.5 Å². The van der Waals surface area contributed by atoms with Crippen LogP contribution in [-0.4, -0.2) is 85.3 Å². The van der Waals surface area contributed by atoms with Crippen LogP contribution in [0.2, 0.25) is 0 Å². The molecule has 0 bridgehead atoms. The van der Waals surface area contributed by atoms with Gasteiger partial charge in [-0.2, -0.15) is 0 Å². The van der Waals surface area contributed by atoms with E-state index in [2.05, 4.69) is 4.90 Å². The van der Waals surface area contributed by atoms with E-state index < -0.39 is 30.1 Å². The van der Waals surface area contributed by atoms with Crippen molar-refractivity contribution in [1.82, 2.24) is 9.80 Å². The summed E-state index contributed by atoms with van der Waals surface area (Å²) in [5, 5.41) is 22.5. The summed E-state index contributed by atoms with van der Waals surface area (Å²) >= 11 is 0. The fourth-order valence-electron chi connectivity index (χ4n) is 6.22. The van der Waals surface area contributed by atoms with E-state index in [-0.39, 0.29) is 6.61 Å². The minimum Gasteiger partial charge on any atom is -0.497 e. The van der Waals surface area contributed by atoms with Crippen molar-refractivity contribution in [2.75, 3.05) is 40.8 Å². The summed E-state index contributed by atoms with van der Waals surface area (Å²) < 4.78 is 30.2. The summed E-state index contributed by atoms with van der Waals surface area (Å²) in [4.78, 5) is 3.99. The maximum Gasteiger partial charge on any atom is 0.160 e. The Kier molecular flexibility index (Phi) is 10.5. The van der Waals surface area contributed by atoms with Gasteiger partial charge in [-0.05, 0) is 46.5 Å². The average molecular weight is 639 g/mol. The van der Waals surface area contributed by atoms with Crippen LogP contribution in [0.3, 0.4) is 0 Å². The van der Waals surface area contributed by atoms with E-state index in [1.54, 1.807) is 14.2 Å². The summed E-state index contributed by atoms with van der Waals surface area (Å²) in [5.41, 5.74) is 2.65. The minimum atomic E-state index is -1.17. The maximum atomic E-state index is 11.3. The van der Waals surface area contributed by atoms with Crippen molar-refractivity contribution in [2.45, 2.75) is 36.7 Å². The number of ether oxygens (including phenoxy) is 5. The van der Waals surface area contributed by atoms with Gasteiger partial charge in [-0.1, -0.05) is 91.0 Å². The van der Waals surface area contributed by atoms with Crippen molar-refractivity contribution in [3.05, 3.63) is 144 Å². The second kappa shape index (κ2) is 15.1. The monoisotopic (exact) mass is 638 g/mol. The van der Waals surface area contributed by atoms with Gasteiger partial charge >= 0.3 is 0 Å². The Hall–Kier alpha value is -4.22. The number of rotatable bonds is 13. The highest BCUT2D eigenvalue weighted by Gasteiger charge is 2.47. The van der Waals surface area contributed by atoms with E-state index in [1.165, 1.54) is 0 Å². The van der Waals surface area contributed by atoms with Crippen LogP contribution in [0.4, 0.5) is 0 Å². The van der Waals surface area contributed by atoms with Crippen molar-refractivity contribution in [3.63, 3.8) is 0 Å². The lowest BCUT2D eigenvalue weighted by Crippen LogP contribution is -2.48. The van der Waals surface area contributed by atoms with Gasteiger partial charge < -0.3 is 38.8 Å². The smallest absolute Gasteiger partial charge is 0.160 e. The second-order valence-electron chi connectivity index (χ2n) is 11.7. The third-order valence-corrected chi connectivity index (χ3v) is 8.71. The highest BCUT2D eigenvalue weighted by Crippen LogP contribution is 2.42. The van der Waals surface area contributed by atoms with Gasteiger partial charge in [0.25, 0.3) is 0 Å². The predicted molar refractivity (Wildman–Crippen MR) is 178 cm³/mol. The number of aliphatic hydroxyl groups excluding tert-OH is 2. The van der Waals surface area contributed by atoms with Crippen LogP contribution in [0, 0.1) is 0 Å². The topological polar surface area (TPSA) is 93.1 Å². The molecule has 1 fully saturated rings. The van der Waals surface area contributed by atoms with E-state index in [1.807, 2.05) is 126 Å². The minimum absolute atomic E-state index is 0.00311. The average Bonchev–Trinajstić information content (AvgIpc) is 3.42. The second-order valence-corrected chi connectivity index (χ2v) is 11.7. The van der Waals surface area contributed by atoms with Gasteiger partial charge in [-0.3, -0.25) is 4.90 Å². The normalized spacial score (nSPS) is 21.6. The Morgan fingerprint density at radius 1 is 0.745 bits per heavy atom. The Morgan fingerprint density at radius 2 is 1.32 bits per heavy atom. The number of nitrogens with zero attached hydrogens (tertiary/aromatic N) is 2. The van der Waals surface area contributed by atoms with E-state index in [0.29, 0.717) is 26.6 Å². The van der Waals surface area contributed by atoms with Crippen molar-refractivity contribution in [1.29, 1.82) is 0 Å². The molecular weight excluding hydrogens is 596 g/mol. The van der Waals surface area contributed by atoms with Crippen LogP contribution in [-0.2, 0) is 26.4 Å². The van der Waals surface area contributed by atoms with Gasteiger partial charge in [0, 0.05) is 12.7 Å². The molecule has 47 heavy (non-hydrogen) atoms. The summed E-state index contributed by atoms with van der Waals surface area (Å²) in [7, 11) is 3.27. The molecule has 4 aromatic rings. The highest BCUT2D eigenvalue weighted by molar-refractivity contribution is 5.49. The van der Waals surface area contributed by atoms with Gasteiger partial charge in [0.1, 0.15) is 42.1 Å². The molecule has 0 aromatic heterocycles. The molecule has 0 aliphatic carbocycles. The largest absolute Gasteiger partial charge is 0.497 e. The molecule has 9 nitrogen and oxygen atoms in total. The molecular formula is C38H42N2O7. The van der Waals surface area contributed by atoms with Crippen molar-refractivity contribution < 1.29 is 33.9 Å². The van der Waals surface area contributed by atoms with E-state index in [0.717, 1.165) is 33.8 Å². The molecule has 2 N–H and O–H groups in total. The van der Waals surface area contributed by atoms with Crippen LogP contribution in [0.1, 0.15) is 22.3 Å². The third-order valence-electron chi connectivity index (χ3n) is 8.71. The summed E-state index contributed by atoms with van der Waals surface area (Å²) in [5.74, 6) is 1.44. The van der Waals surface area contributed by atoms with Crippen LogP contribution in [0.25, 0.3) is 0 Å². The third kappa shape index (κ3) is 7.21. The molecule has 0 amide bonds. The summed E-state index contributed by atoms with van der Waals surface area (Å²) in [6, 6.07) is 35.5. The van der Waals surface area contributed by atoms with Gasteiger partial charge in [0.15, 0.2) is 6.23 Å². The zero-order chi connectivity index (χ0) is 32.6. The standard InChI is InChI=1S/C38H42N2O7/c1-43-32-18-14-30(15-19-32)38(29-12-7-4-8-13-29,31-16-20-33(44-2)21-17-31)46-25-34-35(41)36(42)37(47-34)40-23-9-22-39(26-40)27-45-24-28-10-5-3-6-11-28/h3-21,23,34-37,41-42H,22,24-27H2,1-2H3/t34-,35-,36-,37-/m1/s1. The van der Waals surface area contributed by atoms with Crippen LogP contribution >= 0.6 is 0 Å². The molecule has 6 rings (SSSR count). The lowest BCUT2D eigenvalue weighted by molar-refractivity contribution is -0.122. The zero-order valence-corrected chi connectivity index (χ0v) is 26.7. The molecule has 0 radical (unpaired) electrons. The van der Waals surface area contributed by atoms with Crippen molar-refractivity contribution >= 4 is 0 Å². The molecule has 4 atom stereocenters. The molecule has 2 aliphatic heterocycles. The molecule has 1 saturated heterocycles. The Labute approximate surface area is 276 Å². The van der Waals surface area contributed by atoms with E-state index in [9.17, 15) is 10.2 Å². The van der Waals surface area contributed by atoms with E-state index >= 15 is 0 Å². The van der Waals surface area contributed by atoms with Crippen LogP contribution in [0.15, 0.2) is 121 Å². The predicted octanol–water partition coefficient (Wildman–Crippen LogP) is 4.72. The fraction of sp³-hybridized carbons (Fsp3) is 0.316. The number of hydrogen-bond donors (Lipinski definition) is 2. The Morgan fingerprint density at radius 3 is 1.91 bits per heavy atom. The Bertz CT molecular complexity index is 1520. The quantitative estimate of drug-likeness (QED) is 0.202. The van der Waals surface area contributed by atoms with Crippen molar-refractivity contribution in [3.8, 4) is 11.5 Å². The molecule has 0 spiro atoms. The van der Waals surface area contributed by atoms with Gasteiger partial charge in [0.2, 0.25) is 0 Å². The summed E-state index contributed by atoms with van der Waals surface area (Å²) in [6.45, 7) is 2.10. The molecule has 9 heteroatoms. The first-order valence-corrected chi connectivity index (χ1v) is 15.8. The number of benzene rings is 4. The van der Waals surface area contributed by atoms with Gasteiger partial charge in [-0.25, -0.2) is 0 Å². The summed E-state index contributed by atoms with van der Waals surface area (Å²) in [6.07, 6.45) is 0.0214. The van der Waals surface area contributed by atoms with Gasteiger partial charge in [0.05, 0.1) is 34.1 Å². The molecule has 2 aliphatic rings. The van der Waals surface area contributed by atoms with Crippen LogP contribution < -0.4 is 9.47 Å². The zero-order valence-electron chi connectivity index (χ0n) is 26.7. The lowest BCUT2D eigenvalue weighted by atomic mass is 9.80. The lowest BCUT2D eigenvalue weighted by Gasteiger charge is -2.37. The van der Waals surface area contributed by atoms with E-state index in [4.69, 9.17) is 23.7 Å². The fourth-order valence-corrected chi connectivity index (χ4v) is 6.22. The first-order chi connectivity index (χ1) is 23.0. The highest BCUT2D eigenvalue weighted by atomic mass is 16.6. The maximum absolute atomic E-state index is 11.3. The molecule has 2 heterocycles. The SMILES string of the molecule is COc1ccc(C(OC[C@H]2O[C@@H](N3C=CCN(COCc4ccccc4)C3)[C@H](O)[C@@H]2O)(c2ccccc2)c2ccc(OC)cc2)cc1. The van der Waals surface area contributed by atoms with Gasteiger partial charge in [-0.15, -0.1) is 0 Å². The molecule has 0 saturated carbocycles. The molecule has 4 aromatic carbocycles. The first-order valence-electron chi connectivity index (χ1n) is 15.8. The number of aliphatic hydroxyl groups is 2. The first kappa shape index (κ1) is 32.7. The molecule has 0 unspecified atom stereocenters. The molecule has 246 valence electrons.